The van der Waals surface area contributed by atoms with Crippen LogP contribution in [0.25, 0.3) is 0 Å². The van der Waals surface area contributed by atoms with Gasteiger partial charge in [-0.25, -0.2) is 0 Å². The lowest BCUT2D eigenvalue weighted by Crippen LogP contribution is -2.15. The zero-order valence-electron chi connectivity index (χ0n) is 6.02. The molecule has 1 aliphatic carbocycles. The van der Waals surface area contributed by atoms with Crippen molar-refractivity contribution in [2.24, 2.45) is 0 Å². The van der Waals surface area contributed by atoms with Crippen LogP contribution in [0.15, 0.2) is 0 Å². The Balaban J connectivity index is 2.32. The summed E-state index contributed by atoms with van der Waals surface area (Å²) in [5, 5.41) is 0. The molecule has 53 valence electrons. The van der Waals surface area contributed by atoms with Crippen LogP contribution < -0.4 is 0 Å². The van der Waals surface area contributed by atoms with Crippen LogP contribution in [0.5, 0.6) is 0 Å². The van der Waals surface area contributed by atoms with E-state index in [1.807, 2.05) is 0 Å². The average Bonchev–Trinajstić information content (AvgIpc) is 2.33. The predicted molar refractivity (Wildman–Crippen MR) is 34.9 cm³/mol. The van der Waals surface area contributed by atoms with Crippen molar-refractivity contribution in [1.29, 1.82) is 0 Å². The second-order valence-electron chi connectivity index (χ2n) is 2.29. The molecule has 1 atom stereocenters. The molecule has 1 unspecified atom stereocenters. The summed E-state index contributed by atoms with van der Waals surface area (Å²) < 4.78 is 10.3. The molecule has 0 bridgehead atoms. The van der Waals surface area contributed by atoms with E-state index in [4.69, 9.17) is 9.47 Å². The first-order valence-corrected chi connectivity index (χ1v) is 3.31. The van der Waals surface area contributed by atoms with Gasteiger partial charge in [0, 0.05) is 14.2 Å². The molecule has 1 radical (unpaired) electrons. The van der Waals surface area contributed by atoms with E-state index in [1.165, 1.54) is 6.42 Å². The zero-order chi connectivity index (χ0) is 6.69. The standard InChI is InChI=1S/C7H13O2/c1-8-6-4-3-5-7(6)9-2/h6H,3-5H2,1-2H3. The Hall–Kier alpha value is -0.0800. The van der Waals surface area contributed by atoms with Gasteiger partial charge in [0.15, 0.2) is 0 Å². The Kier molecular flexibility index (Phi) is 2.49. The van der Waals surface area contributed by atoms with E-state index in [9.17, 15) is 0 Å². The third-order valence-corrected chi connectivity index (χ3v) is 1.80. The number of ether oxygens (including phenoxy) is 2. The molecule has 1 aliphatic rings. The summed E-state index contributed by atoms with van der Waals surface area (Å²) in [6, 6.07) is 0. The van der Waals surface area contributed by atoms with Gasteiger partial charge < -0.3 is 9.47 Å². The molecule has 2 heteroatoms. The monoisotopic (exact) mass is 129 g/mol. The number of rotatable bonds is 2. The van der Waals surface area contributed by atoms with Crippen LogP contribution in [0, 0.1) is 6.10 Å². The molecule has 0 N–H and O–H groups in total. The van der Waals surface area contributed by atoms with Gasteiger partial charge in [0.25, 0.3) is 0 Å². The SMILES string of the molecule is CO[C]1CCCC1OC. The van der Waals surface area contributed by atoms with Crippen LogP contribution in [0.2, 0.25) is 0 Å². The fourth-order valence-electron chi connectivity index (χ4n) is 1.27. The van der Waals surface area contributed by atoms with E-state index in [1.54, 1.807) is 14.2 Å². The van der Waals surface area contributed by atoms with Crippen molar-refractivity contribution in [3.05, 3.63) is 6.10 Å². The largest absolute Gasteiger partial charge is 0.378 e. The number of hydrogen-bond acceptors (Lipinski definition) is 2. The van der Waals surface area contributed by atoms with Crippen LogP contribution in [0.1, 0.15) is 19.3 Å². The van der Waals surface area contributed by atoms with Gasteiger partial charge in [-0.1, -0.05) is 0 Å². The minimum Gasteiger partial charge on any atom is -0.378 e. The summed E-state index contributed by atoms with van der Waals surface area (Å²) in [6.07, 6.45) is 4.80. The third-order valence-electron chi connectivity index (χ3n) is 1.80. The molecule has 0 aromatic rings. The van der Waals surface area contributed by atoms with E-state index in [0.717, 1.165) is 18.9 Å². The molecule has 0 aliphatic heterocycles. The van der Waals surface area contributed by atoms with Crippen molar-refractivity contribution < 1.29 is 9.47 Å². The second kappa shape index (κ2) is 3.18. The van der Waals surface area contributed by atoms with Gasteiger partial charge in [-0.3, -0.25) is 0 Å². The predicted octanol–water partition coefficient (Wildman–Crippen LogP) is 1.36. The summed E-state index contributed by atoms with van der Waals surface area (Å²) in [5.41, 5.74) is 0. The van der Waals surface area contributed by atoms with E-state index >= 15 is 0 Å². The molecule has 9 heavy (non-hydrogen) atoms. The molecule has 1 fully saturated rings. The highest BCUT2D eigenvalue weighted by molar-refractivity contribution is 4.94. The van der Waals surface area contributed by atoms with E-state index in [-0.39, 0.29) is 6.10 Å². The van der Waals surface area contributed by atoms with Gasteiger partial charge in [0.1, 0.15) is 6.10 Å². The fourth-order valence-corrected chi connectivity index (χ4v) is 1.27. The quantitative estimate of drug-likeness (QED) is 0.560. The third kappa shape index (κ3) is 1.43. The van der Waals surface area contributed by atoms with Gasteiger partial charge in [-0.15, -0.1) is 0 Å². The summed E-state index contributed by atoms with van der Waals surface area (Å²) in [7, 11) is 3.45. The van der Waals surface area contributed by atoms with Gasteiger partial charge in [0.2, 0.25) is 0 Å². The topological polar surface area (TPSA) is 18.5 Å². The van der Waals surface area contributed by atoms with Crippen molar-refractivity contribution in [3.63, 3.8) is 0 Å². The van der Waals surface area contributed by atoms with E-state index in [0.29, 0.717) is 0 Å². The highest BCUT2D eigenvalue weighted by Gasteiger charge is 2.27. The maximum absolute atomic E-state index is 5.15. The van der Waals surface area contributed by atoms with Crippen molar-refractivity contribution in [2.45, 2.75) is 25.4 Å². The highest BCUT2D eigenvalue weighted by atomic mass is 16.5. The minimum atomic E-state index is 0.273. The smallest absolute Gasteiger partial charge is 0.125 e. The lowest BCUT2D eigenvalue weighted by Gasteiger charge is -2.13. The molecular formula is C7H13O2. The summed E-state index contributed by atoms with van der Waals surface area (Å²) >= 11 is 0. The fraction of sp³-hybridized carbons (Fsp3) is 0.857. The summed E-state index contributed by atoms with van der Waals surface area (Å²) in [5.74, 6) is 0. The first-order chi connectivity index (χ1) is 4.38. The average molecular weight is 129 g/mol. The van der Waals surface area contributed by atoms with Gasteiger partial charge in [0.05, 0.1) is 6.10 Å². The molecular weight excluding hydrogens is 116 g/mol. The zero-order valence-corrected chi connectivity index (χ0v) is 6.02. The molecule has 0 aromatic heterocycles. The first kappa shape index (κ1) is 7.03. The Morgan fingerprint density at radius 1 is 1.44 bits per heavy atom. The Bertz CT molecular complexity index is 73.0. The summed E-state index contributed by atoms with van der Waals surface area (Å²) in [6.45, 7) is 0. The Morgan fingerprint density at radius 3 is 2.67 bits per heavy atom. The minimum absolute atomic E-state index is 0.273. The number of methoxy groups -OCH3 is 2. The van der Waals surface area contributed by atoms with Gasteiger partial charge >= 0.3 is 0 Å². The molecule has 1 rings (SSSR count). The normalized spacial score (nSPS) is 29.3. The first-order valence-electron chi connectivity index (χ1n) is 3.31. The van der Waals surface area contributed by atoms with Crippen molar-refractivity contribution >= 4 is 0 Å². The van der Waals surface area contributed by atoms with E-state index in [2.05, 4.69) is 0 Å². The van der Waals surface area contributed by atoms with Crippen molar-refractivity contribution in [1.82, 2.24) is 0 Å². The van der Waals surface area contributed by atoms with Gasteiger partial charge in [-0.2, -0.15) is 0 Å². The Morgan fingerprint density at radius 2 is 2.22 bits per heavy atom. The molecule has 2 nitrogen and oxygen atoms in total. The van der Waals surface area contributed by atoms with Gasteiger partial charge in [-0.05, 0) is 19.3 Å². The van der Waals surface area contributed by atoms with Crippen LogP contribution in [-0.4, -0.2) is 20.3 Å². The van der Waals surface area contributed by atoms with E-state index < -0.39 is 0 Å². The van der Waals surface area contributed by atoms with Crippen LogP contribution >= 0.6 is 0 Å². The maximum Gasteiger partial charge on any atom is 0.125 e. The molecule has 0 aromatic carbocycles. The molecule has 0 spiro atoms. The molecule has 1 saturated carbocycles. The molecule has 0 heterocycles. The summed E-state index contributed by atoms with van der Waals surface area (Å²) in [4.78, 5) is 0. The number of hydrogen-bond donors (Lipinski definition) is 0. The Labute approximate surface area is 56.2 Å². The van der Waals surface area contributed by atoms with Crippen LogP contribution in [0.3, 0.4) is 0 Å². The highest BCUT2D eigenvalue weighted by Crippen LogP contribution is 2.29. The van der Waals surface area contributed by atoms with Crippen molar-refractivity contribution in [2.75, 3.05) is 14.2 Å². The lowest BCUT2D eigenvalue weighted by atomic mass is 10.3. The van der Waals surface area contributed by atoms with Crippen LogP contribution in [0.4, 0.5) is 0 Å². The lowest BCUT2D eigenvalue weighted by molar-refractivity contribution is 0.0480. The van der Waals surface area contributed by atoms with Crippen LogP contribution in [-0.2, 0) is 9.47 Å². The second-order valence-corrected chi connectivity index (χ2v) is 2.29. The maximum atomic E-state index is 5.15. The molecule has 0 saturated heterocycles. The van der Waals surface area contributed by atoms with Crippen molar-refractivity contribution in [3.8, 4) is 0 Å². The molecule has 0 amide bonds.